The first-order valence-electron chi connectivity index (χ1n) is 6.40. The molecule has 2 heterocycles. The van der Waals surface area contributed by atoms with Gasteiger partial charge in [-0.3, -0.25) is 0 Å². The van der Waals surface area contributed by atoms with Gasteiger partial charge in [0, 0.05) is 26.9 Å². The van der Waals surface area contributed by atoms with Crippen molar-refractivity contribution in [2.75, 3.05) is 0 Å². The van der Waals surface area contributed by atoms with Crippen LogP contribution >= 0.6 is 22.7 Å². The lowest BCUT2D eigenvalue weighted by Gasteiger charge is -2.06. The second kappa shape index (κ2) is 5.24. The van der Waals surface area contributed by atoms with Crippen molar-refractivity contribution in [3.8, 4) is 0 Å². The van der Waals surface area contributed by atoms with E-state index >= 15 is 0 Å². The first-order chi connectivity index (χ1) is 9.52. The third kappa shape index (κ3) is 2.61. The number of fused-ring (bicyclic) bond motifs is 1. The fourth-order valence-electron chi connectivity index (χ4n) is 2.13. The van der Waals surface area contributed by atoms with E-state index in [0.717, 1.165) is 32.1 Å². The quantitative estimate of drug-likeness (QED) is 0.781. The van der Waals surface area contributed by atoms with Crippen LogP contribution in [0.5, 0.6) is 0 Å². The number of nitrogens with two attached hydrogens (primary N) is 1. The lowest BCUT2D eigenvalue weighted by molar-refractivity contribution is 0.630. The molecule has 2 N–H and O–H groups in total. The summed E-state index contributed by atoms with van der Waals surface area (Å²) in [4.78, 5) is 6.85. The van der Waals surface area contributed by atoms with Gasteiger partial charge in [0.25, 0.3) is 0 Å². The van der Waals surface area contributed by atoms with Gasteiger partial charge in [-0.25, -0.2) is 9.37 Å². The summed E-state index contributed by atoms with van der Waals surface area (Å²) in [5.74, 6) is -0.207. The zero-order valence-corrected chi connectivity index (χ0v) is 12.9. The van der Waals surface area contributed by atoms with E-state index in [1.54, 1.807) is 28.7 Å². The van der Waals surface area contributed by atoms with Gasteiger partial charge in [-0.2, -0.15) is 0 Å². The monoisotopic (exact) mass is 306 g/mol. The summed E-state index contributed by atoms with van der Waals surface area (Å²) in [7, 11) is 0. The Kier molecular flexibility index (Phi) is 3.58. The standard InChI is InChI=1S/C15H15FN2S2/c1-8-9(2)19-15(18-8)7-12(17)14-6-10-5-11(16)3-4-13(10)20-14/h3-6,12H,7,17H2,1-2H3. The largest absolute Gasteiger partial charge is 0.323 e. The average Bonchev–Trinajstić information content (AvgIpc) is 2.93. The van der Waals surface area contributed by atoms with Crippen LogP contribution in [0.3, 0.4) is 0 Å². The molecule has 0 aliphatic heterocycles. The van der Waals surface area contributed by atoms with Crippen LogP contribution in [-0.2, 0) is 6.42 Å². The van der Waals surface area contributed by atoms with E-state index in [4.69, 9.17) is 5.73 Å². The predicted molar refractivity (Wildman–Crippen MR) is 84.0 cm³/mol. The van der Waals surface area contributed by atoms with Gasteiger partial charge in [-0.05, 0) is 43.5 Å². The second-order valence-electron chi connectivity index (χ2n) is 4.89. The maximum atomic E-state index is 13.2. The van der Waals surface area contributed by atoms with Gasteiger partial charge in [0.15, 0.2) is 0 Å². The molecule has 5 heteroatoms. The van der Waals surface area contributed by atoms with E-state index in [2.05, 4.69) is 11.9 Å². The van der Waals surface area contributed by atoms with E-state index in [0.29, 0.717) is 0 Å². The highest BCUT2D eigenvalue weighted by molar-refractivity contribution is 7.19. The number of rotatable bonds is 3. The lowest BCUT2D eigenvalue weighted by Crippen LogP contribution is -2.11. The topological polar surface area (TPSA) is 38.9 Å². The lowest BCUT2D eigenvalue weighted by atomic mass is 10.1. The molecule has 0 aliphatic carbocycles. The molecule has 0 saturated carbocycles. The van der Waals surface area contributed by atoms with Crippen LogP contribution in [0.15, 0.2) is 24.3 Å². The number of benzene rings is 1. The van der Waals surface area contributed by atoms with Crippen LogP contribution in [-0.4, -0.2) is 4.98 Å². The average molecular weight is 306 g/mol. The fraction of sp³-hybridized carbons (Fsp3) is 0.267. The van der Waals surface area contributed by atoms with Gasteiger partial charge in [-0.1, -0.05) is 0 Å². The number of hydrogen-bond donors (Lipinski definition) is 1. The van der Waals surface area contributed by atoms with Gasteiger partial charge in [0.1, 0.15) is 5.82 Å². The minimum atomic E-state index is -0.207. The Hall–Kier alpha value is -1.30. The van der Waals surface area contributed by atoms with Crippen molar-refractivity contribution >= 4 is 32.8 Å². The van der Waals surface area contributed by atoms with Gasteiger partial charge in [-0.15, -0.1) is 22.7 Å². The van der Waals surface area contributed by atoms with Crippen molar-refractivity contribution in [2.24, 2.45) is 5.73 Å². The Morgan fingerprint density at radius 1 is 1.25 bits per heavy atom. The van der Waals surface area contributed by atoms with Crippen molar-refractivity contribution in [3.05, 3.63) is 50.5 Å². The van der Waals surface area contributed by atoms with E-state index in [9.17, 15) is 4.39 Å². The fourth-order valence-corrected chi connectivity index (χ4v) is 4.17. The minimum absolute atomic E-state index is 0.0830. The molecule has 1 aromatic carbocycles. The molecule has 3 aromatic rings. The number of aromatic nitrogens is 1. The third-order valence-electron chi connectivity index (χ3n) is 3.33. The summed E-state index contributed by atoms with van der Waals surface area (Å²) in [6, 6.07) is 6.76. The maximum absolute atomic E-state index is 13.2. The Morgan fingerprint density at radius 3 is 2.75 bits per heavy atom. The summed E-state index contributed by atoms with van der Waals surface area (Å²) in [6.07, 6.45) is 0.731. The maximum Gasteiger partial charge on any atom is 0.123 e. The number of nitrogens with zero attached hydrogens (tertiary/aromatic N) is 1. The van der Waals surface area contributed by atoms with Gasteiger partial charge in [0.05, 0.1) is 10.7 Å². The summed E-state index contributed by atoms with van der Waals surface area (Å²) in [5, 5.41) is 1.99. The van der Waals surface area contributed by atoms with Crippen molar-refractivity contribution in [1.29, 1.82) is 0 Å². The van der Waals surface area contributed by atoms with Crippen LogP contribution in [0, 0.1) is 19.7 Å². The number of thiophene rings is 1. The van der Waals surface area contributed by atoms with Crippen LogP contribution in [0.25, 0.3) is 10.1 Å². The zero-order valence-electron chi connectivity index (χ0n) is 11.3. The normalized spacial score (nSPS) is 13.0. The van der Waals surface area contributed by atoms with Crippen LogP contribution < -0.4 is 5.73 Å². The molecule has 2 aromatic heterocycles. The molecule has 1 atom stereocenters. The highest BCUT2D eigenvalue weighted by Gasteiger charge is 2.14. The summed E-state index contributed by atoms with van der Waals surface area (Å²) >= 11 is 3.33. The smallest absolute Gasteiger partial charge is 0.123 e. The van der Waals surface area contributed by atoms with Crippen molar-refractivity contribution < 1.29 is 4.39 Å². The van der Waals surface area contributed by atoms with Crippen LogP contribution in [0.2, 0.25) is 0 Å². The van der Waals surface area contributed by atoms with Crippen molar-refractivity contribution in [2.45, 2.75) is 26.3 Å². The first-order valence-corrected chi connectivity index (χ1v) is 8.03. The molecular formula is C15H15FN2S2. The molecule has 0 spiro atoms. The van der Waals surface area contributed by atoms with Gasteiger partial charge in [0.2, 0.25) is 0 Å². The van der Waals surface area contributed by atoms with Crippen molar-refractivity contribution in [1.82, 2.24) is 4.98 Å². The van der Waals surface area contributed by atoms with Crippen molar-refractivity contribution in [3.63, 3.8) is 0 Å². The Balaban J connectivity index is 1.86. The second-order valence-corrected chi connectivity index (χ2v) is 7.29. The molecule has 20 heavy (non-hydrogen) atoms. The van der Waals surface area contributed by atoms with E-state index < -0.39 is 0 Å². The van der Waals surface area contributed by atoms with E-state index in [1.165, 1.54) is 10.9 Å². The number of aryl methyl sites for hydroxylation is 2. The molecule has 0 bridgehead atoms. The highest BCUT2D eigenvalue weighted by atomic mass is 32.1. The third-order valence-corrected chi connectivity index (χ3v) is 5.67. The number of halogens is 1. The Bertz CT molecular complexity index is 741. The molecule has 1 unspecified atom stereocenters. The molecule has 0 saturated heterocycles. The molecule has 0 aliphatic rings. The molecule has 3 rings (SSSR count). The number of hydrogen-bond acceptors (Lipinski definition) is 4. The highest BCUT2D eigenvalue weighted by Crippen LogP contribution is 2.31. The van der Waals surface area contributed by atoms with E-state index in [1.807, 2.05) is 19.1 Å². The van der Waals surface area contributed by atoms with Gasteiger partial charge < -0.3 is 5.73 Å². The van der Waals surface area contributed by atoms with Gasteiger partial charge >= 0.3 is 0 Å². The molecule has 104 valence electrons. The molecular weight excluding hydrogens is 291 g/mol. The molecule has 0 amide bonds. The summed E-state index contributed by atoms with van der Waals surface area (Å²) in [6.45, 7) is 4.09. The van der Waals surface area contributed by atoms with Crippen LogP contribution in [0.1, 0.15) is 26.5 Å². The Labute approximate surface area is 125 Å². The Morgan fingerprint density at radius 2 is 2.05 bits per heavy atom. The number of thiazole rings is 1. The van der Waals surface area contributed by atoms with E-state index in [-0.39, 0.29) is 11.9 Å². The zero-order chi connectivity index (χ0) is 14.3. The van der Waals surface area contributed by atoms with Crippen LogP contribution in [0.4, 0.5) is 4.39 Å². The summed E-state index contributed by atoms with van der Waals surface area (Å²) < 4.78 is 14.3. The summed E-state index contributed by atoms with van der Waals surface area (Å²) in [5.41, 5.74) is 7.35. The molecule has 2 nitrogen and oxygen atoms in total. The minimum Gasteiger partial charge on any atom is -0.323 e. The molecule has 0 fully saturated rings. The molecule has 0 radical (unpaired) electrons. The SMILES string of the molecule is Cc1nc(CC(N)c2cc3cc(F)ccc3s2)sc1C. The predicted octanol–water partition coefficient (Wildman–Crippen LogP) is 4.36. The first kappa shape index (κ1) is 13.7.